The smallest absolute Gasteiger partial charge is 0.202 e. The van der Waals surface area contributed by atoms with Gasteiger partial charge >= 0.3 is 0 Å². The van der Waals surface area contributed by atoms with E-state index in [1.165, 1.54) is 0 Å². The minimum atomic E-state index is 0.194. The summed E-state index contributed by atoms with van der Waals surface area (Å²) in [7, 11) is 3.65. The van der Waals surface area contributed by atoms with Crippen LogP contribution in [0.25, 0.3) is 11.2 Å². The summed E-state index contributed by atoms with van der Waals surface area (Å²) in [4.78, 5) is 4.51. The van der Waals surface area contributed by atoms with Gasteiger partial charge in [-0.25, -0.2) is 4.98 Å². The fraction of sp³-hybridized carbons (Fsp3) is 0.692. The van der Waals surface area contributed by atoms with Crippen molar-refractivity contribution in [2.75, 3.05) is 19.5 Å². The van der Waals surface area contributed by atoms with Crippen LogP contribution in [0.15, 0.2) is 0 Å². The Labute approximate surface area is 113 Å². The summed E-state index contributed by atoms with van der Waals surface area (Å²) in [5.41, 5.74) is 9.04. The summed E-state index contributed by atoms with van der Waals surface area (Å²) in [5, 5.41) is 4.56. The number of anilines is 1. The van der Waals surface area contributed by atoms with Crippen molar-refractivity contribution in [2.45, 2.75) is 39.2 Å². The molecule has 0 amide bonds. The molecule has 0 fully saturated rings. The van der Waals surface area contributed by atoms with Crippen molar-refractivity contribution in [2.24, 2.45) is 7.05 Å². The van der Waals surface area contributed by atoms with Crippen molar-refractivity contribution < 1.29 is 4.74 Å². The van der Waals surface area contributed by atoms with Crippen LogP contribution in [0.1, 0.15) is 38.4 Å². The van der Waals surface area contributed by atoms with Crippen molar-refractivity contribution in [3.63, 3.8) is 0 Å². The lowest BCUT2D eigenvalue weighted by molar-refractivity contribution is 0.155. The number of nitrogen functional groups attached to an aromatic ring is 1. The molecule has 0 bridgehead atoms. The van der Waals surface area contributed by atoms with E-state index in [9.17, 15) is 0 Å². The monoisotopic (exact) mass is 265 g/mol. The van der Waals surface area contributed by atoms with Gasteiger partial charge in [0, 0.05) is 14.2 Å². The van der Waals surface area contributed by atoms with Gasteiger partial charge in [-0.3, -0.25) is 9.25 Å². The second kappa shape index (κ2) is 5.61. The number of aryl methyl sites for hydroxylation is 2. The maximum absolute atomic E-state index is 6.09. The van der Waals surface area contributed by atoms with E-state index in [1.54, 1.807) is 7.11 Å². The van der Waals surface area contributed by atoms with E-state index >= 15 is 0 Å². The number of ether oxygens (including phenoxy) is 1. The Morgan fingerprint density at radius 1 is 1.37 bits per heavy atom. The average molecular weight is 265 g/mol. The van der Waals surface area contributed by atoms with Gasteiger partial charge in [0.1, 0.15) is 5.52 Å². The Morgan fingerprint density at radius 2 is 2.11 bits per heavy atom. The number of nitrogens with zero attached hydrogens (tertiary/aromatic N) is 4. The molecule has 0 saturated carbocycles. The first-order chi connectivity index (χ1) is 9.13. The van der Waals surface area contributed by atoms with E-state index in [2.05, 4.69) is 23.9 Å². The highest BCUT2D eigenvalue weighted by Crippen LogP contribution is 2.27. The lowest BCUT2D eigenvalue weighted by atomic mass is 10.2. The first-order valence-corrected chi connectivity index (χ1v) is 6.82. The maximum Gasteiger partial charge on any atom is 0.202 e. The van der Waals surface area contributed by atoms with Crippen LogP contribution in [0.2, 0.25) is 0 Å². The first kappa shape index (κ1) is 13.9. The number of nitrogens with two attached hydrogens (primary N) is 1. The number of hydrogen-bond donors (Lipinski definition) is 1. The van der Waals surface area contributed by atoms with Gasteiger partial charge in [0.2, 0.25) is 5.95 Å². The standard InChI is InChI=1S/C13H23N5O/c1-5-7-10-11-12(17(3)16-10)18(13(14)15-11)9(6-2)8-19-4/h9H,5-8H2,1-4H3,(H2,14,15). The molecule has 19 heavy (non-hydrogen) atoms. The molecule has 1 unspecified atom stereocenters. The molecule has 2 aromatic heterocycles. The molecule has 2 heterocycles. The fourth-order valence-electron chi connectivity index (χ4n) is 2.55. The molecule has 106 valence electrons. The molecule has 0 aromatic carbocycles. The lowest BCUT2D eigenvalue weighted by Gasteiger charge is -2.17. The molecule has 2 aromatic rings. The molecular weight excluding hydrogens is 242 g/mol. The van der Waals surface area contributed by atoms with Crippen LogP contribution in [0, 0.1) is 0 Å². The average Bonchev–Trinajstić information content (AvgIpc) is 2.86. The van der Waals surface area contributed by atoms with Crippen LogP contribution in [-0.4, -0.2) is 33.0 Å². The largest absolute Gasteiger partial charge is 0.383 e. The number of rotatable bonds is 6. The van der Waals surface area contributed by atoms with E-state index in [0.717, 1.165) is 36.1 Å². The first-order valence-electron chi connectivity index (χ1n) is 6.82. The molecule has 0 aliphatic rings. The predicted octanol–water partition coefficient (Wildman–Crippen LogP) is 1.90. The van der Waals surface area contributed by atoms with Gasteiger partial charge in [0.25, 0.3) is 0 Å². The van der Waals surface area contributed by atoms with Gasteiger partial charge in [-0.1, -0.05) is 20.3 Å². The Morgan fingerprint density at radius 3 is 2.68 bits per heavy atom. The van der Waals surface area contributed by atoms with Crippen molar-refractivity contribution in [1.29, 1.82) is 0 Å². The number of methoxy groups -OCH3 is 1. The minimum absolute atomic E-state index is 0.194. The Balaban J connectivity index is 2.57. The topological polar surface area (TPSA) is 70.9 Å². The number of fused-ring (bicyclic) bond motifs is 1. The Bertz CT molecular complexity index is 557. The molecule has 0 aliphatic carbocycles. The van der Waals surface area contributed by atoms with Gasteiger partial charge < -0.3 is 10.5 Å². The van der Waals surface area contributed by atoms with Crippen LogP contribution in [0.3, 0.4) is 0 Å². The van der Waals surface area contributed by atoms with Gasteiger partial charge in [-0.05, 0) is 12.8 Å². The third-order valence-corrected chi connectivity index (χ3v) is 3.45. The fourth-order valence-corrected chi connectivity index (χ4v) is 2.55. The molecular formula is C13H23N5O. The van der Waals surface area contributed by atoms with Gasteiger partial charge in [-0.15, -0.1) is 0 Å². The van der Waals surface area contributed by atoms with Gasteiger partial charge in [-0.2, -0.15) is 5.10 Å². The van der Waals surface area contributed by atoms with Crippen LogP contribution < -0.4 is 5.73 Å². The van der Waals surface area contributed by atoms with E-state index in [1.807, 2.05) is 16.3 Å². The zero-order valence-electron chi connectivity index (χ0n) is 12.2. The quantitative estimate of drug-likeness (QED) is 0.866. The van der Waals surface area contributed by atoms with E-state index in [4.69, 9.17) is 10.5 Å². The minimum Gasteiger partial charge on any atom is -0.383 e. The molecule has 2 rings (SSSR count). The summed E-state index contributed by atoms with van der Waals surface area (Å²) in [6, 6.07) is 0.194. The van der Waals surface area contributed by atoms with E-state index < -0.39 is 0 Å². The number of hydrogen-bond acceptors (Lipinski definition) is 4. The second-order valence-electron chi connectivity index (χ2n) is 4.85. The molecule has 0 radical (unpaired) electrons. The third kappa shape index (κ3) is 2.32. The highest BCUT2D eigenvalue weighted by molar-refractivity contribution is 5.78. The molecule has 0 saturated heterocycles. The summed E-state index contributed by atoms with van der Waals surface area (Å²) in [6.07, 6.45) is 2.92. The van der Waals surface area contributed by atoms with E-state index in [0.29, 0.717) is 12.6 Å². The van der Waals surface area contributed by atoms with Crippen LogP contribution in [-0.2, 0) is 18.2 Å². The summed E-state index contributed by atoms with van der Waals surface area (Å²) >= 11 is 0. The summed E-state index contributed by atoms with van der Waals surface area (Å²) < 4.78 is 9.21. The predicted molar refractivity (Wildman–Crippen MR) is 76.1 cm³/mol. The summed E-state index contributed by atoms with van der Waals surface area (Å²) in [5.74, 6) is 0.546. The number of aromatic nitrogens is 4. The van der Waals surface area contributed by atoms with Crippen LogP contribution >= 0.6 is 0 Å². The Kier molecular flexibility index (Phi) is 4.09. The Hall–Kier alpha value is -1.56. The van der Waals surface area contributed by atoms with E-state index in [-0.39, 0.29) is 6.04 Å². The highest BCUT2D eigenvalue weighted by Gasteiger charge is 2.22. The molecule has 1 atom stereocenters. The second-order valence-corrected chi connectivity index (χ2v) is 4.85. The van der Waals surface area contributed by atoms with Crippen molar-refractivity contribution >= 4 is 17.1 Å². The third-order valence-electron chi connectivity index (χ3n) is 3.45. The van der Waals surface area contributed by atoms with Crippen molar-refractivity contribution in [3.8, 4) is 0 Å². The SMILES string of the molecule is CCCc1nn(C)c2c1nc(N)n2C(CC)COC. The van der Waals surface area contributed by atoms with Crippen LogP contribution in [0.4, 0.5) is 5.95 Å². The lowest BCUT2D eigenvalue weighted by Crippen LogP contribution is -2.17. The normalized spacial score (nSPS) is 13.3. The molecule has 6 nitrogen and oxygen atoms in total. The van der Waals surface area contributed by atoms with Gasteiger partial charge in [0.05, 0.1) is 18.3 Å². The molecule has 2 N–H and O–H groups in total. The van der Waals surface area contributed by atoms with Crippen molar-refractivity contribution in [3.05, 3.63) is 5.69 Å². The van der Waals surface area contributed by atoms with Gasteiger partial charge in [0.15, 0.2) is 5.65 Å². The zero-order valence-corrected chi connectivity index (χ0v) is 12.2. The number of imidazole rings is 1. The maximum atomic E-state index is 6.09. The summed E-state index contributed by atoms with van der Waals surface area (Å²) in [6.45, 7) is 4.89. The molecule has 0 aliphatic heterocycles. The van der Waals surface area contributed by atoms with Crippen molar-refractivity contribution in [1.82, 2.24) is 19.3 Å². The zero-order chi connectivity index (χ0) is 14.0. The molecule has 6 heteroatoms. The highest BCUT2D eigenvalue weighted by atomic mass is 16.5. The molecule has 0 spiro atoms. The van der Waals surface area contributed by atoms with Crippen LogP contribution in [0.5, 0.6) is 0 Å².